The molecule has 18 heavy (non-hydrogen) atoms. The van der Waals surface area contributed by atoms with Crippen molar-refractivity contribution >= 4 is 8.07 Å². The van der Waals surface area contributed by atoms with Crippen molar-refractivity contribution in [1.29, 1.82) is 0 Å². The normalized spacial score (nSPS) is 39.3. The van der Waals surface area contributed by atoms with Crippen LogP contribution in [0.1, 0.15) is 32.6 Å². The van der Waals surface area contributed by atoms with Gasteiger partial charge in [-0.25, -0.2) is 0 Å². The third kappa shape index (κ3) is 4.12. The van der Waals surface area contributed by atoms with Crippen molar-refractivity contribution in [1.82, 2.24) is 0 Å². The van der Waals surface area contributed by atoms with Crippen LogP contribution in [0.3, 0.4) is 0 Å². The van der Waals surface area contributed by atoms with Crippen LogP contribution in [-0.4, -0.2) is 31.5 Å². The Morgan fingerprint density at radius 1 is 1.39 bits per heavy atom. The Morgan fingerprint density at radius 2 is 2.11 bits per heavy atom. The molecule has 0 spiro atoms. The molecule has 1 unspecified atom stereocenters. The molecule has 2 aliphatic carbocycles. The fraction of sp³-hybridized carbons (Fsp3) is 0.867. The van der Waals surface area contributed by atoms with Crippen LogP contribution in [0.2, 0.25) is 19.6 Å². The molecule has 0 aromatic heterocycles. The van der Waals surface area contributed by atoms with E-state index in [1.165, 1.54) is 6.42 Å². The van der Waals surface area contributed by atoms with Gasteiger partial charge in [0.1, 0.15) is 14.7 Å². The van der Waals surface area contributed by atoms with Crippen molar-refractivity contribution in [3.05, 3.63) is 0 Å². The van der Waals surface area contributed by atoms with Gasteiger partial charge in [-0.3, -0.25) is 0 Å². The highest BCUT2D eigenvalue weighted by Gasteiger charge is 2.49. The Balaban J connectivity index is 1.82. The third-order valence-corrected chi connectivity index (χ3v) is 4.88. The molecule has 0 aromatic rings. The van der Waals surface area contributed by atoms with E-state index in [0.29, 0.717) is 24.5 Å². The van der Waals surface area contributed by atoms with E-state index in [-0.39, 0.29) is 0 Å². The fourth-order valence-electron chi connectivity index (χ4n) is 2.95. The van der Waals surface area contributed by atoms with Crippen molar-refractivity contribution in [3.8, 4) is 11.5 Å². The maximum atomic E-state index is 10.2. The van der Waals surface area contributed by atoms with Gasteiger partial charge < -0.3 is 9.84 Å². The molecule has 2 aliphatic rings. The molecule has 3 heteroatoms. The summed E-state index contributed by atoms with van der Waals surface area (Å²) in [6.45, 7) is 9.29. The van der Waals surface area contributed by atoms with Crippen molar-refractivity contribution in [2.24, 2.45) is 11.8 Å². The van der Waals surface area contributed by atoms with E-state index in [0.717, 1.165) is 19.3 Å². The Labute approximate surface area is 112 Å². The number of aliphatic hydroxyl groups is 1. The maximum Gasteiger partial charge on any atom is 0.129 e. The standard InChI is InChI=1S/C15H26O2Si/c1-15(16)7-6-14(13-10-12(13)11-15)17-8-5-9-18(2,3)4/h12-14,16H,6-8,10-11H2,1-4H3/t12-,13-,14-,15?/m1/s1. The molecule has 0 saturated heterocycles. The van der Waals surface area contributed by atoms with Gasteiger partial charge in [-0.1, -0.05) is 25.6 Å². The minimum Gasteiger partial charge on any atom is -0.390 e. The summed E-state index contributed by atoms with van der Waals surface area (Å²) < 4.78 is 5.94. The summed E-state index contributed by atoms with van der Waals surface area (Å²) in [4.78, 5) is 0. The Bertz CT molecular complexity index is 359. The molecule has 0 aromatic carbocycles. The van der Waals surface area contributed by atoms with Gasteiger partial charge in [0.25, 0.3) is 0 Å². The summed E-state index contributed by atoms with van der Waals surface area (Å²) in [5.41, 5.74) is 2.87. The SMILES string of the molecule is CC1(O)CC[C@@H](OCC#C[Si](C)(C)C)[C@@H]2C[C@@H]2C1. The summed E-state index contributed by atoms with van der Waals surface area (Å²) >= 11 is 0. The second kappa shape index (κ2) is 5.00. The Hall–Kier alpha value is -0.303. The van der Waals surface area contributed by atoms with E-state index in [2.05, 4.69) is 31.1 Å². The van der Waals surface area contributed by atoms with Crippen LogP contribution in [0.15, 0.2) is 0 Å². The zero-order valence-corrected chi connectivity index (χ0v) is 13.1. The van der Waals surface area contributed by atoms with E-state index in [1.807, 2.05) is 6.92 Å². The molecule has 1 N–H and O–H groups in total. The van der Waals surface area contributed by atoms with Crippen LogP contribution in [0.4, 0.5) is 0 Å². The first kappa shape index (κ1) is 14.1. The van der Waals surface area contributed by atoms with Crippen LogP contribution >= 0.6 is 0 Å². The topological polar surface area (TPSA) is 29.5 Å². The van der Waals surface area contributed by atoms with Crippen LogP contribution < -0.4 is 0 Å². The second-order valence-electron chi connectivity index (χ2n) is 7.30. The van der Waals surface area contributed by atoms with Crippen molar-refractivity contribution in [2.45, 2.75) is 64.0 Å². The minimum absolute atomic E-state index is 0.333. The summed E-state index contributed by atoms with van der Waals surface area (Å²) in [6.07, 6.45) is 4.38. The quantitative estimate of drug-likeness (QED) is 0.615. The first-order chi connectivity index (χ1) is 8.27. The predicted octanol–water partition coefficient (Wildman–Crippen LogP) is 2.82. The smallest absolute Gasteiger partial charge is 0.129 e. The molecule has 2 rings (SSSR count). The molecule has 2 fully saturated rings. The van der Waals surface area contributed by atoms with E-state index >= 15 is 0 Å². The lowest BCUT2D eigenvalue weighted by atomic mass is 9.95. The number of hydrogen-bond acceptors (Lipinski definition) is 2. The van der Waals surface area contributed by atoms with E-state index in [9.17, 15) is 5.11 Å². The van der Waals surface area contributed by atoms with Gasteiger partial charge in [-0.15, -0.1) is 5.54 Å². The largest absolute Gasteiger partial charge is 0.390 e. The van der Waals surface area contributed by atoms with Gasteiger partial charge in [0.15, 0.2) is 0 Å². The predicted molar refractivity (Wildman–Crippen MR) is 76.9 cm³/mol. The molecule has 0 amide bonds. The van der Waals surface area contributed by atoms with Crippen molar-refractivity contribution in [2.75, 3.05) is 6.61 Å². The lowest BCUT2D eigenvalue weighted by Gasteiger charge is -2.22. The van der Waals surface area contributed by atoms with E-state index in [4.69, 9.17) is 4.74 Å². The molecule has 0 radical (unpaired) electrons. The summed E-state index contributed by atoms with van der Waals surface area (Å²) in [5.74, 6) is 4.56. The molecule has 4 atom stereocenters. The number of fused-ring (bicyclic) bond motifs is 1. The fourth-order valence-corrected chi connectivity index (χ4v) is 3.55. The molecule has 0 bridgehead atoms. The van der Waals surface area contributed by atoms with E-state index < -0.39 is 13.7 Å². The van der Waals surface area contributed by atoms with Gasteiger partial charge in [0.2, 0.25) is 0 Å². The molecule has 0 aliphatic heterocycles. The van der Waals surface area contributed by atoms with Crippen LogP contribution in [-0.2, 0) is 4.74 Å². The van der Waals surface area contributed by atoms with Crippen LogP contribution in [0, 0.1) is 23.3 Å². The molecule has 102 valence electrons. The lowest BCUT2D eigenvalue weighted by molar-refractivity contribution is 0.0191. The monoisotopic (exact) mass is 266 g/mol. The number of hydrogen-bond donors (Lipinski definition) is 1. The third-order valence-electron chi connectivity index (χ3n) is 3.96. The zero-order chi connectivity index (χ0) is 13.4. The molecular weight excluding hydrogens is 240 g/mol. The molecule has 0 heterocycles. The summed E-state index contributed by atoms with van der Waals surface area (Å²) in [6, 6.07) is 0. The van der Waals surface area contributed by atoms with Crippen molar-refractivity contribution < 1.29 is 9.84 Å². The average molecular weight is 266 g/mol. The number of ether oxygens (including phenoxy) is 1. The minimum atomic E-state index is -1.26. The van der Waals surface area contributed by atoms with Gasteiger partial charge in [0, 0.05) is 0 Å². The summed E-state index contributed by atoms with van der Waals surface area (Å²) in [7, 11) is -1.26. The highest BCUT2D eigenvalue weighted by atomic mass is 28.3. The van der Waals surface area contributed by atoms with Crippen LogP contribution in [0.25, 0.3) is 0 Å². The molecular formula is C15H26O2Si. The Morgan fingerprint density at radius 3 is 2.78 bits per heavy atom. The maximum absolute atomic E-state index is 10.2. The molecule has 2 nitrogen and oxygen atoms in total. The van der Waals surface area contributed by atoms with E-state index in [1.54, 1.807) is 0 Å². The average Bonchev–Trinajstić information content (AvgIpc) is 2.92. The summed E-state index contributed by atoms with van der Waals surface area (Å²) in [5, 5.41) is 10.2. The second-order valence-corrected chi connectivity index (χ2v) is 12.1. The first-order valence-corrected chi connectivity index (χ1v) is 10.6. The Kier molecular flexibility index (Phi) is 3.92. The number of rotatable bonds is 2. The lowest BCUT2D eigenvalue weighted by Crippen LogP contribution is -2.25. The van der Waals surface area contributed by atoms with Crippen molar-refractivity contribution in [3.63, 3.8) is 0 Å². The van der Waals surface area contributed by atoms with Gasteiger partial charge >= 0.3 is 0 Å². The van der Waals surface area contributed by atoms with Gasteiger partial charge in [-0.2, -0.15) is 0 Å². The van der Waals surface area contributed by atoms with Gasteiger partial charge in [0.05, 0.1) is 11.7 Å². The highest BCUT2D eigenvalue weighted by Crippen LogP contribution is 2.51. The zero-order valence-electron chi connectivity index (χ0n) is 12.1. The van der Waals surface area contributed by atoms with Crippen LogP contribution in [0.5, 0.6) is 0 Å². The van der Waals surface area contributed by atoms with Gasteiger partial charge in [-0.05, 0) is 44.4 Å². The molecule has 2 saturated carbocycles. The highest BCUT2D eigenvalue weighted by molar-refractivity contribution is 6.83. The first-order valence-electron chi connectivity index (χ1n) is 7.11.